The molecule has 2 nitrogen and oxygen atoms in total. The molecule has 1 N–H and O–H groups in total. The molecule has 1 heterocycles. The molecule has 0 aromatic rings. The molecule has 1 aliphatic heterocycles. The van der Waals surface area contributed by atoms with Gasteiger partial charge < -0.3 is 5.32 Å². The Bertz CT molecular complexity index is 283. The molecule has 20 heavy (non-hydrogen) atoms. The summed E-state index contributed by atoms with van der Waals surface area (Å²) in [6.45, 7) is 0.382. The number of nitrogens with one attached hydrogen (secondary N) is 1. The normalized spacial score (nSPS) is 30.6. The molecular formula is C14H25F3N2S. The zero-order valence-electron chi connectivity index (χ0n) is 12.1. The number of likely N-dealkylation sites (tertiary alicyclic amines) is 1. The van der Waals surface area contributed by atoms with E-state index in [9.17, 15) is 13.2 Å². The lowest BCUT2D eigenvalue weighted by Crippen LogP contribution is -2.48. The molecule has 2 aliphatic rings. The molecular weight excluding hydrogens is 285 g/mol. The van der Waals surface area contributed by atoms with Crippen LogP contribution in [0.3, 0.4) is 0 Å². The van der Waals surface area contributed by atoms with Gasteiger partial charge in [0.05, 0.1) is 6.54 Å². The number of piperidine rings is 1. The van der Waals surface area contributed by atoms with E-state index in [2.05, 4.69) is 11.6 Å². The predicted octanol–water partition coefficient (Wildman–Crippen LogP) is 3.28. The summed E-state index contributed by atoms with van der Waals surface area (Å²) in [4.78, 5) is 1.53. The first-order valence-corrected chi connectivity index (χ1v) is 8.83. The topological polar surface area (TPSA) is 15.3 Å². The van der Waals surface area contributed by atoms with Crippen LogP contribution in [0.4, 0.5) is 13.2 Å². The van der Waals surface area contributed by atoms with Crippen LogP contribution in [0.25, 0.3) is 0 Å². The number of halogens is 3. The maximum atomic E-state index is 12.3. The lowest BCUT2D eigenvalue weighted by Gasteiger charge is -2.36. The fraction of sp³-hybridized carbons (Fsp3) is 1.00. The van der Waals surface area contributed by atoms with Gasteiger partial charge in [0.15, 0.2) is 0 Å². The van der Waals surface area contributed by atoms with E-state index >= 15 is 0 Å². The van der Waals surface area contributed by atoms with Gasteiger partial charge in [-0.05, 0) is 57.9 Å². The maximum absolute atomic E-state index is 12.3. The summed E-state index contributed by atoms with van der Waals surface area (Å²) in [5.74, 6) is 0. The van der Waals surface area contributed by atoms with E-state index < -0.39 is 12.7 Å². The Kier molecular flexibility index (Phi) is 6.05. The van der Waals surface area contributed by atoms with Crippen LogP contribution in [0.15, 0.2) is 0 Å². The van der Waals surface area contributed by atoms with Gasteiger partial charge in [0.25, 0.3) is 0 Å². The van der Waals surface area contributed by atoms with Crippen molar-refractivity contribution in [2.75, 3.05) is 25.9 Å². The minimum absolute atomic E-state index is 0.412. The summed E-state index contributed by atoms with van der Waals surface area (Å²) in [6, 6.07) is 0.993. The van der Waals surface area contributed by atoms with Crippen LogP contribution >= 0.6 is 11.8 Å². The van der Waals surface area contributed by atoms with Crippen LogP contribution in [0.5, 0.6) is 0 Å². The summed E-state index contributed by atoms with van der Waals surface area (Å²) < 4.78 is 37.0. The third-order valence-corrected chi connectivity index (χ3v) is 5.61. The van der Waals surface area contributed by atoms with E-state index in [1.807, 2.05) is 11.8 Å². The zero-order valence-corrected chi connectivity index (χ0v) is 12.9. The molecule has 1 aliphatic carbocycles. The third-order valence-electron chi connectivity index (χ3n) is 4.47. The molecule has 0 aromatic carbocycles. The highest BCUT2D eigenvalue weighted by Gasteiger charge is 2.33. The minimum atomic E-state index is -4.06. The number of hydrogen-bond acceptors (Lipinski definition) is 3. The van der Waals surface area contributed by atoms with Gasteiger partial charge in [0, 0.05) is 17.3 Å². The van der Waals surface area contributed by atoms with Crippen LogP contribution in [-0.2, 0) is 0 Å². The Morgan fingerprint density at radius 3 is 2.05 bits per heavy atom. The first kappa shape index (κ1) is 16.4. The molecule has 2 fully saturated rings. The number of nitrogens with zero attached hydrogens (tertiary/aromatic N) is 1. The first-order valence-electron chi connectivity index (χ1n) is 7.54. The van der Waals surface area contributed by atoms with Crippen LogP contribution in [-0.4, -0.2) is 54.3 Å². The highest BCUT2D eigenvalue weighted by Crippen LogP contribution is 2.28. The number of rotatable bonds is 4. The molecule has 0 aromatic heterocycles. The molecule has 1 saturated carbocycles. The number of alkyl halides is 3. The van der Waals surface area contributed by atoms with Crippen LogP contribution in [0, 0.1) is 0 Å². The third kappa shape index (κ3) is 5.45. The molecule has 0 spiro atoms. The van der Waals surface area contributed by atoms with Crippen molar-refractivity contribution >= 4 is 11.8 Å². The Labute approximate surface area is 123 Å². The monoisotopic (exact) mass is 310 g/mol. The highest BCUT2D eigenvalue weighted by molar-refractivity contribution is 7.99. The summed E-state index contributed by atoms with van der Waals surface area (Å²) in [6.07, 6.45) is 4.78. The molecule has 1 saturated heterocycles. The zero-order chi connectivity index (χ0) is 14.6. The molecule has 6 heteroatoms. The van der Waals surface area contributed by atoms with Gasteiger partial charge in [-0.25, -0.2) is 0 Å². The molecule has 0 radical (unpaired) electrons. The lowest BCUT2D eigenvalue weighted by molar-refractivity contribution is -0.148. The minimum Gasteiger partial charge on any atom is -0.311 e. The van der Waals surface area contributed by atoms with E-state index in [0.717, 1.165) is 18.1 Å². The van der Waals surface area contributed by atoms with Crippen molar-refractivity contribution in [1.29, 1.82) is 0 Å². The first-order chi connectivity index (χ1) is 9.46. The van der Waals surface area contributed by atoms with Gasteiger partial charge in [0.2, 0.25) is 0 Å². The van der Waals surface area contributed by atoms with Crippen LogP contribution in [0.1, 0.15) is 38.5 Å². The van der Waals surface area contributed by atoms with Gasteiger partial charge in [-0.3, -0.25) is 4.90 Å². The lowest BCUT2D eigenvalue weighted by atomic mass is 9.93. The Morgan fingerprint density at radius 1 is 1.00 bits per heavy atom. The number of thioether (sulfide) groups is 1. The standard InChI is InChI=1S/C14H25F3N2S/c1-20-13-4-2-11(3-5-13)18-12-6-8-19(9-7-12)10-14(15,16)17/h11-13,18H,2-10H2,1H3. The van der Waals surface area contributed by atoms with Crippen molar-refractivity contribution in [2.24, 2.45) is 0 Å². The Morgan fingerprint density at radius 2 is 1.55 bits per heavy atom. The van der Waals surface area contributed by atoms with Crippen molar-refractivity contribution in [3.63, 3.8) is 0 Å². The Balaban J connectivity index is 1.65. The largest absolute Gasteiger partial charge is 0.401 e. The van der Waals surface area contributed by atoms with E-state index in [1.54, 1.807) is 0 Å². The van der Waals surface area contributed by atoms with Crippen molar-refractivity contribution in [1.82, 2.24) is 10.2 Å². The van der Waals surface area contributed by atoms with Gasteiger partial charge in [-0.1, -0.05) is 0 Å². The smallest absolute Gasteiger partial charge is 0.311 e. The summed E-state index contributed by atoms with van der Waals surface area (Å²) in [7, 11) is 0. The molecule has 0 atom stereocenters. The van der Waals surface area contributed by atoms with Gasteiger partial charge in [-0.2, -0.15) is 24.9 Å². The van der Waals surface area contributed by atoms with Crippen molar-refractivity contribution in [3.8, 4) is 0 Å². The molecule has 0 unspecified atom stereocenters. The average Bonchev–Trinajstić information content (AvgIpc) is 2.40. The van der Waals surface area contributed by atoms with Crippen molar-refractivity contribution < 1.29 is 13.2 Å². The summed E-state index contributed by atoms with van der Waals surface area (Å²) in [5.41, 5.74) is 0. The maximum Gasteiger partial charge on any atom is 0.401 e. The van der Waals surface area contributed by atoms with Crippen LogP contribution < -0.4 is 5.32 Å². The van der Waals surface area contributed by atoms with Gasteiger partial charge >= 0.3 is 6.18 Å². The second-order valence-corrected chi connectivity index (χ2v) is 7.18. The van der Waals surface area contributed by atoms with Crippen molar-refractivity contribution in [2.45, 2.75) is 62.0 Å². The quantitative estimate of drug-likeness (QED) is 0.858. The van der Waals surface area contributed by atoms with Gasteiger partial charge in [-0.15, -0.1) is 0 Å². The molecule has 0 amide bonds. The average molecular weight is 310 g/mol. The molecule has 118 valence electrons. The molecule has 0 bridgehead atoms. The molecule has 2 rings (SSSR count). The summed E-state index contributed by atoms with van der Waals surface area (Å²) in [5, 5.41) is 4.48. The summed E-state index contributed by atoms with van der Waals surface area (Å²) >= 11 is 1.96. The van der Waals surface area contributed by atoms with Crippen molar-refractivity contribution in [3.05, 3.63) is 0 Å². The highest BCUT2D eigenvalue weighted by atomic mass is 32.2. The van der Waals surface area contributed by atoms with Gasteiger partial charge in [0.1, 0.15) is 0 Å². The van der Waals surface area contributed by atoms with E-state index in [4.69, 9.17) is 0 Å². The van der Waals surface area contributed by atoms with E-state index in [0.29, 0.717) is 25.2 Å². The fourth-order valence-electron chi connectivity index (χ4n) is 3.31. The fourth-order valence-corrected chi connectivity index (χ4v) is 4.05. The number of hydrogen-bond donors (Lipinski definition) is 1. The predicted molar refractivity (Wildman–Crippen MR) is 78.2 cm³/mol. The van der Waals surface area contributed by atoms with E-state index in [1.165, 1.54) is 30.6 Å². The van der Waals surface area contributed by atoms with Crippen LogP contribution in [0.2, 0.25) is 0 Å². The Hall–Kier alpha value is 0.0600. The second-order valence-electron chi connectivity index (χ2n) is 6.04. The second kappa shape index (κ2) is 7.36. The van der Waals surface area contributed by atoms with E-state index in [-0.39, 0.29) is 0 Å². The SMILES string of the molecule is CSC1CCC(NC2CCN(CC(F)(F)F)CC2)CC1.